The molecule has 0 unspecified atom stereocenters. The predicted octanol–water partition coefficient (Wildman–Crippen LogP) is 5.14. The fourth-order valence-corrected chi connectivity index (χ4v) is 4.27. The van der Waals surface area contributed by atoms with Crippen LogP contribution < -0.4 is 10.6 Å². The highest BCUT2D eigenvalue weighted by Gasteiger charge is 2.33. The van der Waals surface area contributed by atoms with Gasteiger partial charge in [-0.3, -0.25) is 14.4 Å². The quantitative estimate of drug-likeness (QED) is 0.137. The molecule has 0 spiro atoms. The number of aromatic nitrogens is 1. The summed E-state index contributed by atoms with van der Waals surface area (Å²) >= 11 is 4.02. The molecule has 1 aromatic heterocycles. The van der Waals surface area contributed by atoms with Crippen molar-refractivity contribution in [3.8, 4) is 0 Å². The number of allylic oxidation sites excluding steroid dienone is 5. The van der Waals surface area contributed by atoms with Crippen LogP contribution in [0, 0.1) is 5.41 Å². The van der Waals surface area contributed by atoms with E-state index in [2.05, 4.69) is 28.2 Å². The van der Waals surface area contributed by atoms with Crippen LogP contribution in [0.15, 0.2) is 71.3 Å². The molecule has 1 aliphatic heterocycles. The molecule has 3 rings (SSSR count). The summed E-state index contributed by atoms with van der Waals surface area (Å²) in [6, 6.07) is 9.50. The van der Waals surface area contributed by atoms with Crippen LogP contribution in [0.1, 0.15) is 48.9 Å². The van der Waals surface area contributed by atoms with Gasteiger partial charge in [-0.05, 0) is 37.0 Å². The zero-order valence-electron chi connectivity index (χ0n) is 21.1. The highest BCUT2D eigenvalue weighted by molar-refractivity contribution is 7.83. The summed E-state index contributed by atoms with van der Waals surface area (Å²) < 4.78 is 0. The van der Waals surface area contributed by atoms with Crippen LogP contribution in [0.5, 0.6) is 0 Å². The number of carbonyl (C=O) groups excluding carboxylic acids is 3. The molecule has 1 aromatic carbocycles. The van der Waals surface area contributed by atoms with Crippen molar-refractivity contribution in [1.29, 1.82) is 5.41 Å². The lowest BCUT2D eigenvalue weighted by Crippen LogP contribution is -2.40. The van der Waals surface area contributed by atoms with Gasteiger partial charge in [0.25, 0.3) is 5.91 Å². The number of rotatable bonds is 9. The van der Waals surface area contributed by atoms with E-state index in [1.54, 1.807) is 0 Å². The van der Waals surface area contributed by atoms with Gasteiger partial charge in [0.1, 0.15) is 0 Å². The summed E-state index contributed by atoms with van der Waals surface area (Å²) in [6.07, 6.45) is 9.17. The molecule has 2 amide bonds. The molecule has 37 heavy (non-hydrogen) atoms. The largest absolute Gasteiger partial charge is 0.355 e. The lowest BCUT2D eigenvalue weighted by molar-refractivity contribution is -0.127. The highest BCUT2D eigenvalue weighted by atomic mass is 32.1. The van der Waals surface area contributed by atoms with Crippen molar-refractivity contribution >= 4 is 53.4 Å². The van der Waals surface area contributed by atoms with Crippen LogP contribution in [0.2, 0.25) is 0 Å². The average Bonchev–Trinajstić information content (AvgIpc) is 3.23. The number of thiol groups is 1. The van der Waals surface area contributed by atoms with E-state index in [9.17, 15) is 14.4 Å². The lowest BCUT2D eigenvalue weighted by Gasteiger charge is -2.26. The number of hydrogen-bond donors (Lipinski definition) is 5. The van der Waals surface area contributed by atoms with Crippen molar-refractivity contribution in [3.05, 3.63) is 88.3 Å². The number of nitrogens with zero attached hydrogens (tertiary/aromatic N) is 1. The SMILES string of the molecule is C\C=C/C(=C\C(=C\CC)NC(C)=O)c1[nH]c2c(c1Nc1ccccc1)C(=O)CN(C(=O)/C(C=N)=C/S)C2. The van der Waals surface area contributed by atoms with Gasteiger partial charge in [-0.1, -0.05) is 43.4 Å². The van der Waals surface area contributed by atoms with Gasteiger partial charge in [0.15, 0.2) is 5.78 Å². The smallest absolute Gasteiger partial charge is 0.256 e. The van der Waals surface area contributed by atoms with Gasteiger partial charge >= 0.3 is 0 Å². The third-order valence-corrected chi connectivity index (χ3v) is 5.88. The van der Waals surface area contributed by atoms with Crippen LogP contribution in [-0.4, -0.2) is 40.2 Å². The summed E-state index contributed by atoms with van der Waals surface area (Å²) in [5.41, 5.74) is 4.57. The Bertz CT molecular complexity index is 1320. The fourth-order valence-electron chi connectivity index (χ4n) is 4.08. The summed E-state index contributed by atoms with van der Waals surface area (Å²) in [5, 5.41) is 15.0. The van der Waals surface area contributed by atoms with Crippen LogP contribution in [0.4, 0.5) is 11.4 Å². The molecule has 9 heteroatoms. The maximum atomic E-state index is 13.4. The van der Waals surface area contributed by atoms with Gasteiger partial charge in [0, 0.05) is 35.8 Å². The normalized spacial score (nSPS) is 14.5. The minimum absolute atomic E-state index is 0.0909. The Morgan fingerprint density at radius 2 is 1.95 bits per heavy atom. The van der Waals surface area contributed by atoms with Crippen LogP contribution in [0.3, 0.4) is 0 Å². The first kappa shape index (κ1) is 27.5. The van der Waals surface area contributed by atoms with Crippen LogP contribution >= 0.6 is 12.6 Å². The van der Waals surface area contributed by atoms with Crippen molar-refractivity contribution in [2.45, 2.75) is 33.7 Å². The highest BCUT2D eigenvalue weighted by Crippen LogP contribution is 2.37. The van der Waals surface area contributed by atoms with E-state index in [1.807, 2.05) is 68.5 Å². The fraction of sp³-hybridized carbons (Fsp3) is 0.214. The molecule has 0 atom stereocenters. The third-order valence-electron chi connectivity index (χ3n) is 5.60. The number of Topliss-reactive ketones (excluding diaryl/α,β-unsaturated/α-hetero) is 1. The monoisotopic (exact) mass is 517 g/mol. The number of fused-ring (bicyclic) bond motifs is 1. The van der Waals surface area contributed by atoms with Gasteiger partial charge < -0.3 is 25.9 Å². The molecule has 0 saturated carbocycles. The molecule has 4 N–H and O–H groups in total. The molecule has 0 aliphatic carbocycles. The van der Waals surface area contributed by atoms with Crippen LogP contribution in [0.25, 0.3) is 5.57 Å². The number of aromatic amines is 1. The van der Waals surface area contributed by atoms with Gasteiger partial charge in [0.2, 0.25) is 5.91 Å². The minimum atomic E-state index is -0.444. The van der Waals surface area contributed by atoms with E-state index in [0.717, 1.165) is 23.9 Å². The zero-order valence-corrected chi connectivity index (χ0v) is 22.0. The number of H-pyrrole nitrogens is 1. The second kappa shape index (κ2) is 12.7. The maximum Gasteiger partial charge on any atom is 0.256 e. The number of carbonyl (C=O) groups is 3. The maximum absolute atomic E-state index is 13.4. The Balaban J connectivity index is 2.19. The summed E-state index contributed by atoms with van der Waals surface area (Å²) in [5.74, 6) is -0.862. The second-order valence-corrected chi connectivity index (χ2v) is 8.64. The number of amides is 2. The van der Waals surface area contributed by atoms with E-state index in [0.29, 0.717) is 28.3 Å². The molecular weight excluding hydrogens is 486 g/mol. The van der Waals surface area contributed by atoms with E-state index in [-0.39, 0.29) is 30.4 Å². The van der Waals surface area contributed by atoms with E-state index in [1.165, 1.54) is 17.2 Å². The van der Waals surface area contributed by atoms with Crippen molar-refractivity contribution < 1.29 is 14.4 Å². The number of nitrogens with one attached hydrogen (secondary N) is 4. The first-order chi connectivity index (χ1) is 17.8. The van der Waals surface area contributed by atoms with Crippen molar-refractivity contribution in [2.24, 2.45) is 0 Å². The molecular formula is C28H31N5O3S. The predicted molar refractivity (Wildman–Crippen MR) is 151 cm³/mol. The Morgan fingerprint density at radius 3 is 2.54 bits per heavy atom. The average molecular weight is 518 g/mol. The minimum Gasteiger partial charge on any atom is -0.355 e. The topological polar surface area (TPSA) is 118 Å². The molecule has 192 valence electrons. The molecule has 0 radical (unpaired) electrons. The van der Waals surface area contributed by atoms with E-state index >= 15 is 0 Å². The second-order valence-electron chi connectivity index (χ2n) is 8.38. The zero-order chi connectivity index (χ0) is 26.9. The van der Waals surface area contributed by atoms with Crippen molar-refractivity contribution in [2.75, 3.05) is 11.9 Å². The summed E-state index contributed by atoms with van der Waals surface area (Å²) in [7, 11) is 0. The Hall–Kier alpha value is -4.11. The van der Waals surface area contributed by atoms with Gasteiger partial charge in [0.05, 0.1) is 35.6 Å². The van der Waals surface area contributed by atoms with Crippen molar-refractivity contribution in [1.82, 2.24) is 15.2 Å². The Labute approximate surface area is 222 Å². The van der Waals surface area contributed by atoms with Gasteiger partial charge in [-0.2, -0.15) is 12.6 Å². The third kappa shape index (κ3) is 6.56. The first-order valence-electron chi connectivity index (χ1n) is 11.9. The summed E-state index contributed by atoms with van der Waals surface area (Å²) in [4.78, 5) is 42.8. The molecule has 2 heterocycles. The number of hydrogen-bond acceptors (Lipinski definition) is 6. The molecule has 0 bridgehead atoms. The first-order valence-corrected chi connectivity index (χ1v) is 12.4. The molecule has 2 aromatic rings. The van der Waals surface area contributed by atoms with Gasteiger partial charge in [-0.15, -0.1) is 0 Å². The molecule has 1 aliphatic rings. The number of anilines is 2. The number of benzene rings is 1. The lowest BCUT2D eigenvalue weighted by atomic mass is 10.0. The van der Waals surface area contributed by atoms with Crippen molar-refractivity contribution in [3.63, 3.8) is 0 Å². The number of ketones is 1. The van der Waals surface area contributed by atoms with Crippen LogP contribution in [-0.2, 0) is 16.1 Å². The van der Waals surface area contributed by atoms with E-state index in [4.69, 9.17) is 5.41 Å². The molecule has 8 nitrogen and oxygen atoms in total. The van der Waals surface area contributed by atoms with E-state index < -0.39 is 5.91 Å². The Morgan fingerprint density at radius 1 is 1.22 bits per heavy atom. The number of para-hydroxylation sites is 1. The standard InChI is InChI=1S/C28H31N5O3S/c1-4-9-19(13-22(10-5-2)30-18(3)34)26-27(31-21-11-7-6-8-12-21)25-23(32-26)15-33(16-24(25)35)28(36)20(14-29)17-37/h4,6-14,17,29,31-32,37H,5,15-16H2,1-3H3,(H,30,34)/b9-4-,19-13+,20-17+,22-10-,29-14?. The Kier molecular flexibility index (Phi) is 9.45. The summed E-state index contributed by atoms with van der Waals surface area (Å²) in [6.45, 7) is 5.36. The van der Waals surface area contributed by atoms with Gasteiger partial charge in [-0.25, -0.2) is 0 Å². The molecule has 0 fully saturated rings. The molecule has 0 saturated heterocycles.